The summed E-state index contributed by atoms with van der Waals surface area (Å²) in [6.45, 7) is 0. The normalized spacial score (nSPS) is 11.2. The van der Waals surface area contributed by atoms with Crippen molar-refractivity contribution in [2.24, 2.45) is 0 Å². The van der Waals surface area contributed by atoms with Gasteiger partial charge in [-0.05, 0) is 46.4 Å². The Labute approximate surface area is 147 Å². The minimum atomic E-state index is 0.565. The average Bonchev–Trinajstić information content (AvgIpc) is 3.21. The van der Waals surface area contributed by atoms with Crippen LogP contribution in [0.25, 0.3) is 27.0 Å². The Bertz CT molecular complexity index is 1150. The van der Waals surface area contributed by atoms with Gasteiger partial charge in [-0.2, -0.15) is 0 Å². The number of pyridine rings is 1. The van der Waals surface area contributed by atoms with E-state index in [0.717, 1.165) is 27.4 Å². The minimum Gasteiger partial charge on any atom is -0.430 e. The predicted octanol–water partition coefficient (Wildman–Crippen LogP) is 4.80. The molecule has 3 aromatic heterocycles. The lowest BCUT2D eigenvalue weighted by atomic mass is 10.1. The average molecular weight is 344 g/mol. The molecule has 25 heavy (non-hydrogen) atoms. The third-order valence-corrected chi connectivity index (χ3v) is 4.71. The molecule has 0 aliphatic carbocycles. The standard InChI is InChI=1S/C19H12N4OS/c1-2-5-14-10-16(8-7-13(14)4-1)24-19-22-23-12-17(21-18(23)25-19)15-6-3-9-20-11-15/h1-12H. The first-order chi connectivity index (χ1) is 12.3. The smallest absolute Gasteiger partial charge is 0.299 e. The lowest BCUT2D eigenvalue weighted by Gasteiger charge is -2.03. The summed E-state index contributed by atoms with van der Waals surface area (Å²) in [5.74, 6) is 0.767. The van der Waals surface area contributed by atoms with Crippen LogP contribution in [0.2, 0.25) is 0 Å². The Morgan fingerprint density at radius 3 is 2.72 bits per heavy atom. The van der Waals surface area contributed by atoms with Gasteiger partial charge >= 0.3 is 0 Å². The number of hydrogen-bond acceptors (Lipinski definition) is 5. The lowest BCUT2D eigenvalue weighted by molar-refractivity contribution is 0.471. The maximum absolute atomic E-state index is 5.91. The van der Waals surface area contributed by atoms with Gasteiger partial charge in [-0.3, -0.25) is 4.98 Å². The van der Waals surface area contributed by atoms with E-state index in [2.05, 4.69) is 27.2 Å². The molecule has 2 aromatic carbocycles. The van der Waals surface area contributed by atoms with E-state index < -0.39 is 0 Å². The fourth-order valence-electron chi connectivity index (χ4n) is 2.71. The van der Waals surface area contributed by atoms with Crippen molar-refractivity contribution in [2.45, 2.75) is 0 Å². The van der Waals surface area contributed by atoms with Crippen LogP contribution >= 0.6 is 11.3 Å². The molecule has 0 aliphatic rings. The first kappa shape index (κ1) is 14.1. The van der Waals surface area contributed by atoms with E-state index >= 15 is 0 Å². The van der Waals surface area contributed by atoms with Crippen LogP contribution in [0.15, 0.2) is 73.2 Å². The highest BCUT2D eigenvalue weighted by Gasteiger charge is 2.11. The second-order valence-corrected chi connectivity index (χ2v) is 6.49. The molecule has 0 unspecified atom stereocenters. The predicted molar refractivity (Wildman–Crippen MR) is 98.1 cm³/mol. The summed E-state index contributed by atoms with van der Waals surface area (Å²) < 4.78 is 7.65. The molecule has 0 amide bonds. The molecule has 0 saturated heterocycles. The van der Waals surface area contributed by atoms with Gasteiger partial charge < -0.3 is 4.74 Å². The van der Waals surface area contributed by atoms with Gasteiger partial charge in [0.05, 0.1) is 11.9 Å². The fourth-order valence-corrected chi connectivity index (χ4v) is 3.46. The van der Waals surface area contributed by atoms with Crippen LogP contribution in [0, 0.1) is 0 Å². The van der Waals surface area contributed by atoms with Crippen molar-refractivity contribution in [3.05, 3.63) is 73.2 Å². The van der Waals surface area contributed by atoms with E-state index in [4.69, 9.17) is 4.74 Å². The third kappa shape index (κ3) is 2.62. The highest BCUT2D eigenvalue weighted by Crippen LogP contribution is 2.30. The van der Waals surface area contributed by atoms with Crippen molar-refractivity contribution in [3.63, 3.8) is 0 Å². The number of benzene rings is 2. The van der Waals surface area contributed by atoms with Crippen LogP contribution in [0.4, 0.5) is 0 Å². The van der Waals surface area contributed by atoms with Gasteiger partial charge in [0.1, 0.15) is 5.75 Å². The maximum Gasteiger partial charge on any atom is 0.299 e. The monoisotopic (exact) mass is 344 g/mol. The van der Waals surface area contributed by atoms with Gasteiger partial charge in [-0.15, -0.1) is 5.10 Å². The quantitative estimate of drug-likeness (QED) is 0.472. The van der Waals surface area contributed by atoms with E-state index in [1.165, 1.54) is 16.7 Å². The topological polar surface area (TPSA) is 52.3 Å². The lowest BCUT2D eigenvalue weighted by Crippen LogP contribution is -1.86. The van der Waals surface area contributed by atoms with E-state index in [1.807, 2.05) is 48.7 Å². The molecule has 0 atom stereocenters. The number of ether oxygens (including phenoxy) is 1. The van der Waals surface area contributed by atoms with E-state index in [1.54, 1.807) is 16.9 Å². The van der Waals surface area contributed by atoms with Crippen LogP contribution in [0.3, 0.4) is 0 Å². The summed E-state index contributed by atoms with van der Waals surface area (Å²) >= 11 is 1.41. The number of rotatable bonds is 3. The highest BCUT2D eigenvalue weighted by molar-refractivity contribution is 7.18. The zero-order valence-corrected chi connectivity index (χ0v) is 13.9. The van der Waals surface area contributed by atoms with Crippen molar-refractivity contribution in [3.8, 4) is 22.2 Å². The molecule has 0 fully saturated rings. The molecule has 6 heteroatoms. The van der Waals surface area contributed by atoms with E-state index in [-0.39, 0.29) is 0 Å². The second-order valence-electron chi connectivity index (χ2n) is 5.57. The zero-order chi connectivity index (χ0) is 16.6. The summed E-state index contributed by atoms with van der Waals surface area (Å²) in [6.07, 6.45) is 5.42. The van der Waals surface area contributed by atoms with Crippen molar-refractivity contribution in [1.29, 1.82) is 0 Å². The van der Waals surface area contributed by atoms with E-state index in [0.29, 0.717) is 5.19 Å². The first-order valence-corrected chi connectivity index (χ1v) is 8.60. The highest BCUT2D eigenvalue weighted by atomic mass is 32.1. The van der Waals surface area contributed by atoms with Crippen LogP contribution in [-0.2, 0) is 0 Å². The number of fused-ring (bicyclic) bond motifs is 2. The molecule has 0 radical (unpaired) electrons. The number of aromatic nitrogens is 4. The Kier molecular flexibility index (Phi) is 3.21. The zero-order valence-electron chi connectivity index (χ0n) is 13.0. The molecule has 0 N–H and O–H groups in total. The summed E-state index contributed by atoms with van der Waals surface area (Å²) in [5, 5.41) is 7.35. The van der Waals surface area contributed by atoms with Crippen LogP contribution in [-0.4, -0.2) is 19.6 Å². The minimum absolute atomic E-state index is 0.565. The Balaban J connectivity index is 1.45. The molecule has 120 valence electrons. The molecule has 0 bridgehead atoms. The molecule has 5 rings (SSSR count). The van der Waals surface area contributed by atoms with Gasteiger partial charge in [-0.1, -0.05) is 30.3 Å². The fraction of sp³-hybridized carbons (Fsp3) is 0. The number of imidazole rings is 1. The largest absolute Gasteiger partial charge is 0.430 e. The second kappa shape index (κ2) is 5.68. The summed E-state index contributed by atoms with van der Waals surface area (Å²) in [6, 6.07) is 18.1. The number of hydrogen-bond donors (Lipinski definition) is 0. The van der Waals surface area contributed by atoms with Crippen molar-refractivity contribution in [1.82, 2.24) is 19.6 Å². The summed E-state index contributed by atoms with van der Waals surface area (Å²) in [7, 11) is 0. The van der Waals surface area contributed by atoms with E-state index in [9.17, 15) is 0 Å². The molecule has 5 nitrogen and oxygen atoms in total. The van der Waals surface area contributed by atoms with Crippen LogP contribution < -0.4 is 4.74 Å². The Morgan fingerprint density at radius 2 is 1.88 bits per heavy atom. The molecule has 0 aliphatic heterocycles. The summed E-state index contributed by atoms with van der Waals surface area (Å²) in [5.41, 5.74) is 1.82. The maximum atomic E-state index is 5.91. The Hall–Kier alpha value is -3.25. The molecular weight excluding hydrogens is 332 g/mol. The summed E-state index contributed by atoms with van der Waals surface area (Å²) in [4.78, 5) is 9.50. The van der Waals surface area contributed by atoms with Crippen molar-refractivity contribution in [2.75, 3.05) is 0 Å². The molecule has 0 spiro atoms. The van der Waals surface area contributed by atoms with Gasteiger partial charge in [0.15, 0.2) is 0 Å². The molecule has 3 heterocycles. The van der Waals surface area contributed by atoms with Gasteiger partial charge in [0.25, 0.3) is 5.19 Å². The van der Waals surface area contributed by atoms with Crippen molar-refractivity contribution < 1.29 is 4.74 Å². The van der Waals surface area contributed by atoms with Crippen molar-refractivity contribution >= 4 is 27.1 Å². The molecule has 5 aromatic rings. The Morgan fingerprint density at radius 1 is 0.960 bits per heavy atom. The van der Waals surface area contributed by atoms with Crippen LogP contribution in [0.5, 0.6) is 10.9 Å². The molecular formula is C19H12N4OS. The van der Waals surface area contributed by atoms with Gasteiger partial charge in [0.2, 0.25) is 4.96 Å². The van der Waals surface area contributed by atoms with Gasteiger partial charge in [0, 0.05) is 18.0 Å². The first-order valence-electron chi connectivity index (χ1n) is 7.78. The molecule has 0 saturated carbocycles. The van der Waals surface area contributed by atoms with Gasteiger partial charge in [-0.25, -0.2) is 9.50 Å². The third-order valence-electron chi connectivity index (χ3n) is 3.91. The number of nitrogens with zero attached hydrogens (tertiary/aromatic N) is 4. The SMILES string of the molecule is c1cncc(-c2cn3nc(Oc4ccc5ccccc5c4)sc3n2)c1. The van der Waals surface area contributed by atoms with Crippen LogP contribution in [0.1, 0.15) is 0 Å².